The number of anilines is 9. The van der Waals surface area contributed by atoms with Crippen molar-refractivity contribution in [1.29, 1.82) is 0 Å². The molecule has 12 nitrogen and oxygen atoms in total. The molecule has 0 saturated carbocycles. The third kappa shape index (κ3) is 9.52. The van der Waals surface area contributed by atoms with Gasteiger partial charge in [-0.25, -0.2) is 9.97 Å². The molecule has 1 aliphatic rings. The predicted molar refractivity (Wildman–Crippen MR) is 233 cm³/mol. The molecule has 0 aliphatic carbocycles. The van der Waals surface area contributed by atoms with Gasteiger partial charge >= 0.3 is 0 Å². The summed E-state index contributed by atoms with van der Waals surface area (Å²) in [5.74, 6) is 1.51. The number of benzene rings is 4. The van der Waals surface area contributed by atoms with Gasteiger partial charge in [-0.05, 0) is 105 Å². The van der Waals surface area contributed by atoms with E-state index in [2.05, 4.69) is 46.1 Å². The Morgan fingerprint density at radius 3 is 1.73 bits per heavy atom. The maximum Gasteiger partial charge on any atom is 0.229 e. The van der Waals surface area contributed by atoms with E-state index in [0.717, 1.165) is 38.8 Å². The second-order valence-corrected chi connectivity index (χ2v) is 21.2. The first-order chi connectivity index (χ1) is 26.8. The SMILES string of the molecule is CP(C)(=O)c1ccc(Nc2ncc(Cl)c(Nc3ccc(N4CCOCC4)c(-c4cc(Nc5ncc(Cl)c(Nc6ccccc6)n5)ccc4P(C)(C)=O)c3)n2)cc1. The molecule has 288 valence electrons. The van der Waals surface area contributed by atoms with E-state index in [9.17, 15) is 9.13 Å². The van der Waals surface area contributed by atoms with E-state index in [0.29, 0.717) is 71.3 Å². The Labute approximate surface area is 336 Å². The molecule has 1 fully saturated rings. The Morgan fingerprint density at radius 1 is 0.607 bits per heavy atom. The van der Waals surface area contributed by atoms with Crippen LogP contribution in [0.1, 0.15) is 0 Å². The summed E-state index contributed by atoms with van der Waals surface area (Å²) in [4.78, 5) is 20.4. The van der Waals surface area contributed by atoms with Gasteiger partial charge in [-0.15, -0.1) is 0 Å². The second kappa shape index (κ2) is 16.6. The Morgan fingerprint density at radius 2 is 1.12 bits per heavy atom. The summed E-state index contributed by atoms with van der Waals surface area (Å²) in [6.07, 6.45) is 3.07. The Balaban J connectivity index is 1.24. The molecule has 0 unspecified atom stereocenters. The van der Waals surface area contributed by atoms with Gasteiger partial charge < -0.3 is 40.0 Å². The summed E-state index contributed by atoms with van der Waals surface area (Å²) in [5, 5.41) is 15.4. The van der Waals surface area contributed by atoms with Crippen molar-refractivity contribution in [3.05, 3.63) is 113 Å². The molecular formula is C40H41Cl2N9O3P2. The van der Waals surface area contributed by atoms with Gasteiger partial charge in [-0.2, -0.15) is 9.97 Å². The van der Waals surface area contributed by atoms with Gasteiger partial charge in [0.15, 0.2) is 11.6 Å². The summed E-state index contributed by atoms with van der Waals surface area (Å²) in [5.41, 5.74) is 5.59. The molecule has 1 aliphatic heterocycles. The van der Waals surface area contributed by atoms with E-state index in [4.69, 9.17) is 27.9 Å². The van der Waals surface area contributed by atoms with Crippen molar-refractivity contribution >= 4 is 100 Å². The number of hydrogen-bond donors (Lipinski definition) is 4. The van der Waals surface area contributed by atoms with Gasteiger partial charge in [0.2, 0.25) is 11.9 Å². The topological polar surface area (TPSA) is 146 Å². The molecule has 4 N–H and O–H groups in total. The fourth-order valence-corrected chi connectivity index (χ4v) is 8.54. The minimum atomic E-state index is -2.79. The molecule has 7 rings (SSSR count). The minimum absolute atomic E-state index is 0.324. The van der Waals surface area contributed by atoms with Crippen molar-refractivity contribution in [2.24, 2.45) is 0 Å². The number of hydrogen-bond acceptors (Lipinski definition) is 12. The van der Waals surface area contributed by atoms with Crippen LogP contribution in [0.5, 0.6) is 0 Å². The Bertz CT molecular complexity index is 2460. The number of halogens is 2. The van der Waals surface area contributed by atoms with Crippen molar-refractivity contribution in [3.63, 3.8) is 0 Å². The summed E-state index contributed by atoms with van der Waals surface area (Å²) in [6, 6.07) is 28.8. The average molecular weight is 829 g/mol. The summed E-state index contributed by atoms with van der Waals surface area (Å²) < 4.78 is 32.1. The maximum atomic E-state index is 13.9. The van der Waals surface area contributed by atoms with E-state index < -0.39 is 14.3 Å². The number of aromatic nitrogens is 4. The zero-order chi connectivity index (χ0) is 39.5. The first kappa shape index (κ1) is 39.3. The fraction of sp³-hybridized carbons (Fsp3) is 0.200. The second-order valence-electron chi connectivity index (χ2n) is 14.0. The average Bonchev–Trinajstić information content (AvgIpc) is 3.17. The normalized spacial score (nSPS) is 13.3. The predicted octanol–water partition coefficient (Wildman–Crippen LogP) is 9.55. The van der Waals surface area contributed by atoms with Crippen LogP contribution in [0.15, 0.2) is 103 Å². The van der Waals surface area contributed by atoms with Crippen molar-refractivity contribution in [3.8, 4) is 11.1 Å². The molecular weight excluding hydrogens is 787 g/mol. The summed E-state index contributed by atoms with van der Waals surface area (Å²) >= 11 is 13.1. The highest BCUT2D eigenvalue weighted by Crippen LogP contribution is 2.44. The van der Waals surface area contributed by atoms with Crippen molar-refractivity contribution in [2.75, 3.05) is 79.1 Å². The lowest BCUT2D eigenvalue weighted by molar-refractivity contribution is 0.123. The third-order valence-corrected chi connectivity index (χ3v) is 12.6. The number of ether oxygens (including phenoxy) is 1. The quantitative estimate of drug-likeness (QED) is 0.0872. The monoisotopic (exact) mass is 827 g/mol. The largest absolute Gasteiger partial charge is 0.378 e. The molecule has 6 aromatic rings. The molecule has 2 aromatic heterocycles. The van der Waals surface area contributed by atoms with Crippen LogP contribution in [0, 0.1) is 0 Å². The van der Waals surface area contributed by atoms with Crippen LogP contribution in [0.2, 0.25) is 10.0 Å². The van der Waals surface area contributed by atoms with E-state index in [1.807, 2.05) is 91.0 Å². The van der Waals surface area contributed by atoms with Gasteiger partial charge in [0.25, 0.3) is 0 Å². The van der Waals surface area contributed by atoms with Crippen molar-refractivity contribution < 1.29 is 13.9 Å². The molecule has 0 bridgehead atoms. The number of nitrogens with one attached hydrogen (secondary N) is 4. The van der Waals surface area contributed by atoms with Crippen molar-refractivity contribution in [1.82, 2.24) is 19.9 Å². The fourth-order valence-electron chi connectivity index (χ4n) is 6.20. The third-order valence-electron chi connectivity index (χ3n) is 9.00. The van der Waals surface area contributed by atoms with Crippen LogP contribution in [0.3, 0.4) is 0 Å². The van der Waals surface area contributed by atoms with Crippen molar-refractivity contribution in [2.45, 2.75) is 0 Å². The van der Waals surface area contributed by atoms with Crippen LogP contribution in [-0.2, 0) is 13.9 Å². The van der Waals surface area contributed by atoms with E-state index >= 15 is 0 Å². The van der Waals surface area contributed by atoms with Crippen LogP contribution in [-0.4, -0.2) is 72.9 Å². The number of morpholine rings is 1. The van der Waals surface area contributed by atoms with E-state index in [1.165, 1.54) is 6.20 Å². The van der Waals surface area contributed by atoms with Gasteiger partial charge in [-0.1, -0.05) is 41.4 Å². The molecule has 1 saturated heterocycles. The minimum Gasteiger partial charge on any atom is -0.378 e. The molecule has 0 amide bonds. The number of rotatable bonds is 12. The van der Waals surface area contributed by atoms with Gasteiger partial charge in [0, 0.05) is 57.7 Å². The first-order valence-electron chi connectivity index (χ1n) is 17.8. The Kier molecular flexibility index (Phi) is 11.7. The van der Waals surface area contributed by atoms with Gasteiger partial charge in [-0.3, -0.25) is 0 Å². The molecule has 4 aromatic carbocycles. The zero-order valence-electron chi connectivity index (χ0n) is 31.3. The summed E-state index contributed by atoms with van der Waals surface area (Å²) in [7, 11) is -5.18. The van der Waals surface area contributed by atoms with Crippen LogP contribution in [0.25, 0.3) is 11.1 Å². The highest BCUT2D eigenvalue weighted by Gasteiger charge is 2.24. The summed E-state index contributed by atoms with van der Waals surface area (Å²) in [6.45, 7) is 9.59. The lowest BCUT2D eigenvalue weighted by atomic mass is 10.0. The highest BCUT2D eigenvalue weighted by atomic mass is 35.5. The van der Waals surface area contributed by atoms with E-state index in [1.54, 1.807) is 32.9 Å². The van der Waals surface area contributed by atoms with Crippen LogP contribution >= 0.6 is 37.5 Å². The molecule has 56 heavy (non-hydrogen) atoms. The Hall–Kier alpha value is -4.96. The molecule has 0 atom stereocenters. The number of nitrogens with zero attached hydrogens (tertiary/aromatic N) is 5. The first-order valence-corrected chi connectivity index (χ1v) is 23.8. The molecule has 3 heterocycles. The lowest BCUT2D eigenvalue weighted by Crippen LogP contribution is -2.36. The smallest absolute Gasteiger partial charge is 0.229 e. The van der Waals surface area contributed by atoms with Gasteiger partial charge in [0.05, 0.1) is 25.6 Å². The lowest BCUT2D eigenvalue weighted by Gasteiger charge is -2.31. The molecule has 16 heteroatoms. The number of para-hydroxylation sites is 1. The van der Waals surface area contributed by atoms with E-state index in [-0.39, 0.29) is 0 Å². The zero-order valence-corrected chi connectivity index (χ0v) is 34.6. The molecule has 0 spiro atoms. The van der Waals surface area contributed by atoms with Crippen LogP contribution < -0.4 is 36.8 Å². The molecule has 0 radical (unpaired) electrons. The maximum absolute atomic E-state index is 13.9. The van der Waals surface area contributed by atoms with Gasteiger partial charge in [0.1, 0.15) is 24.3 Å². The highest BCUT2D eigenvalue weighted by molar-refractivity contribution is 7.70. The van der Waals surface area contributed by atoms with Crippen LogP contribution in [0.4, 0.5) is 52.0 Å². The standard InChI is InChI=1S/C40H41Cl2N9O3P2/c1-55(2,52)30-14-10-27(11-15-30)47-39-43-25-34(42)38(50-39)46-28-12-16-35(51-18-20-54-21-19-51)31(22-28)32-23-29(13-17-36(32)56(3,4)53)48-40-44-24-33(41)37(49-40)45-26-8-6-5-7-9-26/h5-17,22-25H,18-21H2,1-4H3,(H2,43,46,47,50)(H2,44,45,48,49).